The van der Waals surface area contributed by atoms with Crippen LogP contribution in [0.4, 0.5) is 5.69 Å². The Morgan fingerprint density at radius 1 is 1.11 bits per heavy atom. The lowest BCUT2D eigenvalue weighted by atomic mass is 10.0. The monoisotopic (exact) mass is 438 g/mol. The molecule has 28 heavy (non-hydrogen) atoms. The van der Waals surface area contributed by atoms with Crippen molar-refractivity contribution in [1.82, 2.24) is 4.98 Å². The van der Waals surface area contributed by atoms with Crippen LogP contribution in [0.1, 0.15) is 35.0 Å². The van der Waals surface area contributed by atoms with E-state index in [1.165, 1.54) is 0 Å². The van der Waals surface area contributed by atoms with Gasteiger partial charge >= 0.3 is 5.97 Å². The van der Waals surface area contributed by atoms with Gasteiger partial charge in [-0.05, 0) is 62.1 Å². The number of pyridine rings is 1. The molecule has 0 radical (unpaired) electrons. The van der Waals surface area contributed by atoms with Gasteiger partial charge in [0.1, 0.15) is 0 Å². The van der Waals surface area contributed by atoms with Crippen LogP contribution in [-0.4, -0.2) is 23.0 Å². The van der Waals surface area contributed by atoms with E-state index in [2.05, 4.69) is 26.2 Å². The first-order valence-electron chi connectivity index (χ1n) is 9.21. The van der Waals surface area contributed by atoms with Crippen LogP contribution in [0.15, 0.2) is 53.0 Å². The van der Waals surface area contributed by atoms with Gasteiger partial charge in [-0.2, -0.15) is 0 Å². The lowest BCUT2D eigenvalue weighted by molar-refractivity contribution is -0.123. The number of hydrogen-bond donors (Lipinski definition) is 1. The number of halogens is 1. The largest absolute Gasteiger partial charge is 0.449 e. The maximum absolute atomic E-state index is 13.0. The Balaban J connectivity index is 1.57. The number of hydrogen-bond acceptors (Lipinski definition) is 4. The van der Waals surface area contributed by atoms with Gasteiger partial charge in [0.05, 0.1) is 11.1 Å². The number of anilines is 1. The van der Waals surface area contributed by atoms with Gasteiger partial charge in [0.2, 0.25) is 0 Å². The van der Waals surface area contributed by atoms with Crippen LogP contribution in [0.3, 0.4) is 0 Å². The van der Waals surface area contributed by atoms with Gasteiger partial charge in [-0.1, -0.05) is 34.1 Å². The van der Waals surface area contributed by atoms with Crippen LogP contribution in [0.5, 0.6) is 0 Å². The van der Waals surface area contributed by atoms with Crippen molar-refractivity contribution in [2.24, 2.45) is 0 Å². The van der Waals surface area contributed by atoms with E-state index in [1.54, 1.807) is 19.1 Å². The highest BCUT2D eigenvalue weighted by Gasteiger charge is 2.27. The number of carbonyl (C=O) groups excluding carboxylic acids is 2. The van der Waals surface area contributed by atoms with Crippen molar-refractivity contribution in [2.75, 3.05) is 5.32 Å². The number of esters is 1. The van der Waals surface area contributed by atoms with Gasteiger partial charge in [-0.25, -0.2) is 4.79 Å². The molecule has 0 unspecified atom stereocenters. The molecular weight excluding hydrogens is 420 g/mol. The molecule has 3 aromatic rings. The van der Waals surface area contributed by atoms with Crippen LogP contribution < -0.4 is 5.32 Å². The predicted octanol–water partition coefficient (Wildman–Crippen LogP) is 4.67. The molecule has 2 aromatic carbocycles. The maximum Gasteiger partial charge on any atom is 0.339 e. The fourth-order valence-electron chi connectivity index (χ4n) is 3.49. The van der Waals surface area contributed by atoms with Crippen LogP contribution in [-0.2, 0) is 22.4 Å². The molecule has 1 atom stereocenters. The molecule has 0 spiro atoms. The number of carbonyl (C=O) groups is 2. The van der Waals surface area contributed by atoms with Gasteiger partial charge in [0.25, 0.3) is 5.91 Å². The molecule has 1 aliphatic rings. The van der Waals surface area contributed by atoms with Crippen molar-refractivity contribution in [1.29, 1.82) is 0 Å². The first-order valence-corrected chi connectivity index (χ1v) is 10.00. The summed E-state index contributed by atoms with van der Waals surface area (Å²) in [5.74, 6) is -0.846. The smallest absolute Gasteiger partial charge is 0.339 e. The van der Waals surface area contributed by atoms with Gasteiger partial charge in [-0.15, -0.1) is 0 Å². The molecule has 1 aromatic heterocycles. The number of aryl methyl sites for hydroxylation is 1. The maximum atomic E-state index is 13.0. The van der Waals surface area contributed by atoms with Crippen molar-refractivity contribution in [3.63, 3.8) is 0 Å². The molecule has 5 nitrogen and oxygen atoms in total. The highest BCUT2D eigenvalue weighted by atomic mass is 79.9. The Labute approximate surface area is 171 Å². The van der Waals surface area contributed by atoms with E-state index in [9.17, 15) is 9.59 Å². The fraction of sp³-hybridized carbons (Fsp3) is 0.227. The number of para-hydroxylation sites is 1. The highest BCUT2D eigenvalue weighted by Crippen LogP contribution is 2.30. The third-order valence-electron chi connectivity index (χ3n) is 4.89. The summed E-state index contributed by atoms with van der Waals surface area (Å²) in [6, 6.07) is 14.8. The molecule has 142 valence electrons. The molecule has 1 N–H and O–H groups in total. The van der Waals surface area contributed by atoms with E-state index < -0.39 is 12.1 Å². The second-order valence-electron chi connectivity index (χ2n) is 6.83. The summed E-state index contributed by atoms with van der Waals surface area (Å²) in [5.41, 5.74) is 3.87. The highest BCUT2D eigenvalue weighted by molar-refractivity contribution is 9.10. The molecule has 0 saturated carbocycles. The summed E-state index contributed by atoms with van der Waals surface area (Å²) in [6.07, 6.45) is 1.72. The van der Waals surface area contributed by atoms with Crippen molar-refractivity contribution < 1.29 is 14.3 Å². The van der Waals surface area contributed by atoms with Crippen LogP contribution in [0, 0.1) is 0 Å². The number of aromatic nitrogens is 1. The second kappa shape index (κ2) is 7.72. The number of fused-ring (bicyclic) bond motifs is 2. The van der Waals surface area contributed by atoms with Gasteiger partial charge < -0.3 is 10.1 Å². The third kappa shape index (κ3) is 3.64. The average molecular weight is 439 g/mol. The number of rotatable bonds is 4. The third-order valence-corrected chi connectivity index (χ3v) is 5.42. The van der Waals surface area contributed by atoms with Crippen molar-refractivity contribution in [2.45, 2.75) is 32.3 Å². The fourth-order valence-corrected chi connectivity index (χ4v) is 3.76. The van der Waals surface area contributed by atoms with Crippen LogP contribution in [0.25, 0.3) is 10.9 Å². The van der Waals surface area contributed by atoms with Crippen molar-refractivity contribution >= 4 is 44.4 Å². The predicted molar refractivity (Wildman–Crippen MR) is 111 cm³/mol. The second-order valence-corrected chi connectivity index (χ2v) is 7.74. The number of nitrogens with zero attached hydrogens (tertiary/aromatic N) is 1. The normalized spacial score (nSPS) is 13.8. The van der Waals surface area contributed by atoms with E-state index >= 15 is 0 Å². The first kappa shape index (κ1) is 18.6. The molecule has 0 bridgehead atoms. The zero-order valence-electron chi connectivity index (χ0n) is 15.4. The molecule has 0 aliphatic heterocycles. The number of nitrogens with one attached hydrogen (secondary N) is 1. The standard InChI is InChI=1S/C22H19BrN2O3/c1-13(21(26)24-15-11-9-14(23)10-12-15)28-22(27)20-16-5-2-3-7-18(16)25-19-8-4-6-17(19)20/h2-3,5,7,9-13H,4,6,8H2,1H3,(H,24,26)/t13-/m0/s1. The summed E-state index contributed by atoms with van der Waals surface area (Å²) in [6.45, 7) is 1.58. The minimum atomic E-state index is -0.917. The van der Waals surface area contributed by atoms with Crippen LogP contribution >= 0.6 is 15.9 Å². The molecular formula is C22H19BrN2O3. The average Bonchev–Trinajstić information content (AvgIpc) is 3.15. The van der Waals surface area contributed by atoms with Gasteiger partial charge in [0, 0.05) is 21.2 Å². The van der Waals surface area contributed by atoms with Crippen LogP contribution in [0.2, 0.25) is 0 Å². The molecule has 0 fully saturated rings. The number of ether oxygens (including phenoxy) is 1. The van der Waals surface area contributed by atoms with Crippen molar-refractivity contribution in [3.8, 4) is 0 Å². The Bertz CT molecular complexity index is 1060. The molecule has 6 heteroatoms. The summed E-state index contributed by atoms with van der Waals surface area (Å²) >= 11 is 3.36. The molecule has 1 amide bonds. The van der Waals surface area contributed by atoms with E-state index in [0.717, 1.165) is 45.9 Å². The summed E-state index contributed by atoms with van der Waals surface area (Å²) in [4.78, 5) is 30.1. The summed E-state index contributed by atoms with van der Waals surface area (Å²) in [5, 5.41) is 3.54. The van der Waals surface area contributed by atoms with E-state index in [-0.39, 0.29) is 5.91 Å². The summed E-state index contributed by atoms with van der Waals surface area (Å²) < 4.78 is 6.46. The van der Waals surface area contributed by atoms with E-state index in [4.69, 9.17) is 4.74 Å². The lowest BCUT2D eigenvalue weighted by Gasteiger charge is -2.16. The minimum absolute atomic E-state index is 0.370. The Hall–Kier alpha value is -2.73. The quantitative estimate of drug-likeness (QED) is 0.600. The lowest BCUT2D eigenvalue weighted by Crippen LogP contribution is -2.30. The SMILES string of the molecule is C[C@H](OC(=O)c1c2c(nc3ccccc13)CCC2)C(=O)Nc1ccc(Br)cc1. The Morgan fingerprint density at radius 3 is 2.64 bits per heavy atom. The van der Waals surface area contributed by atoms with E-state index in [0.29, 0.717) is 11.3 Å². The van der Waals surface area contributed by atoms with Gasteiger partial charge in [0.15, 0.2) is 6.10 Å². The topological polar surface area (TPSA) is 68.3 Å². The molecule has 0 saturated heterocycles. The zero-order chi connectivity index (χ0) is 19.7. The Kier molecular flexibility index (Phi) is 5.13. The molecule has 1 heterocycles. The van der Waals surface area contributed by atoms with Crippen molar-refractivity contribution in [3.05, 3.63) is 69.8 Å². The number of amides is 1. The molecule has 1 aliphatic carbocycles. The zero-order valence-corrected chi connectivity index (χ0v) is 17.0. The minimum Gasteiger partial charge on any atom is -0.449 e. The molecule has 4 rings (SSSR count). The number of benzene rings is 2. The summed E-state index contributed by atoms with van der Waals surface area (Å²) in [7, 11) is 0. The Morgan fingerprint density at radius 2 is 1.86 bits per heavy atom. The van der Waals surface area contributed by atoms with Gasteiger partial charge in [-0.3, -0.25) is 9.78 Å². The first-order chi connectivity index (χ1) is 13.5. The van der Waals surface area contributed by atoms with E-state index in [1.807, 2.05) is 36.4 Å².